The van der Waals surface area contributed by atoms with E-state index < -0.39 is 11.8 Å². The van der Waals surface area contributed by atoms with E-state index in [0.29, 0.717) is 24.5 Å². The molecule has 0 unspecified atom stereocenters. The van der Waals surface area contributed by atoms with Crippen molar-refractivity contribution in [1.82, 2.24) is 0 Å². The zero-order chi connectivity index (χ0) is 18.4. The number of hydrogen-bond acceptors (Lipinski definition) is 6. The SMILES string of the molecule is COC(=O)C(=CO)c1ccccc1SCC1(c2ccccc2)OCCO1. The monoisotopic (exact) mass is 372 g/mol. The van der Waals surface area contributed by atoms with Crippen molar-refractivity contribution in [3.8, 4) is 0 Å². The molecule has 0 spiro atoms. The number of aliphatic hydroxyl groups excluding tert-OH is 1. The average Bonchev–Trinajstić information content (AvgIpc) is 3.18. The van der Waals surface area contributed by atoms with Crippen molar-refractivity contribution < 1.29 is 24.1 Å². The minimum atomic E-state index is -0.826. The van der Waals surface area contributed by atoms with E-state index in [1.54, 1.807) is 12.1 Å². The summed E-state index contributed by atoms with van der Waals surface area (Å²) in [4.78, 5) is 12.8. The Bertz CT molecular complexity index is 782. The van der Waals surface area contributed by atoms with Gasteiger partial charge >= 0.3 is 5.97 Å². The predicted octanol–water partition coefficient (Wildman–Crippen LogP) is 3.75. The summed E-state index contributed by atoms with van der Waals surface area (Å²) in [7, 11) is 1.28. The maximum Gasteiger partial charge on any atom is 0.341 e. The predicted molar refractivity (Wildman–Crippen MR) is 99.8 cm³/mol. The number of carbonyl (C=O) groups excluding carboxylic acids is 1. The molecule has 1 saturated heterocycles. The lowest BCUT2D eigenvalue weighted by atomic mass is 10.1. The number of ether oxygens (including phenoxy) is 3. The molecule has 0 radical (unpaired) electrons. The molecule has 2 aromatic carbocycles. The first-order chi connectivity index (χ1) is 12.7. The number of methoxy groups -OCH3 is 1. The van der Waals surface area contributed by atoms with E-state index in [9.17, 15) is 9.90 Å². The zero-order valence-corrected chi connectivity index (χ0v) is 15.2. The lowest BCUT2D eigenvalue weighted by molar-refractivity contribution is -0.145. The molecule has 136 valence electrons. The third kappa shape index (κ3) is 3.77. The molecule has 5 nitrogen and oxygen atoms in total. The highest BCUT2D eigenvalue weighted by Gasteiger charge is 2.38. The van der Waals surface area contributed by atoms with Crippen molar-refractivity contribution >= 4 is 23.3 Å². The van der Waals surface area contributed by atoms with Gasteiger partial charge in [0.2, 0.25) is 5.79 Å². The maximum absolute atomic E-state index is 11.9. The van der Waals surface area contributed by atoms with E-state index in [2.05, 4.69) is 0 Å². The number of aliphatic hydroxyl groups is 1. The highest BCUT2D eigenvalue weighted by molar-refractivity contribution is 7.99. The number of esters is 1. The van der Waals surface area contributed by atoms with Crippen molar-refractivity contribution in [3.05, 3.63) is 72.0 Å². The molecular formula is C20H20O5S. The molecule has 6 heteroatoms. The van der Waals surface area contributed by atoms with Gasteiger partial charge in [-0.1, -0.05) is 48.5 Å². The van der Waals surface area contributed by atoms with E-state index in [-0.39, 0.29) is 5.57 Å². The Labute approximate surface area is 156 Å². The molecule has 1 N–H and O–H groups in total. The van der Waals surface area contributed by atoms with Gasteiger partial charge in [-0.05, 0) is 6.07 Å². The summed E-state index contributed by atoms with van der Waals surface area (Å²) < 4.78 is 16.6. The van der Waals surface area contributed by atoms with E-state index in [4.69, 9.17) is 14.2 Å². The number of carbonyl (C=O) groups is 1. The van der Waals surface area contributed by atoms with Crippen LogP contribution in [0.4, 0.5) is 0 Å². The van der Waals surface area contributed by atoms with Crippen LogP contribution in [0.5, 0.6) is 0 Å². The van der Waals surface area contributed by atoms with Gasteiger partial charge in [0.15, 0.2) is 0 Å². The molecule has 1 aliphatic rings. The summed E-state index contributed by atoms with van der Waals surface area (Å²) in [6.45, 7) is 1.06. The van der Waals surface area contributed by atoms with Crippen LogP contribution >= 0.6 is 11.8 Å². The van der Waals surface area contributed by atoms with Gasteiger partial charge in [0, 0.05) is 16.0 Å². The first kappa shape index (κ1) is 18.5. The van der Waals surface area contributed by atoms with Gasteiger partial charge in [0.1, 0.15) is 5.57 Å². The summed E-state index contributed by atoms with van der Waals surface area (Å²) >= 11 is 1.50. The summed E-state index contributed by atoms with van der Waals surface area (Å²) in [6, 6.07) is 17.1. The molecule has 0 aliphatic carbocycles. The fraction of sp³-hybridized carbons (Fsp3) is 0.250. The summed E-state index contributed by atoms with van der Waals surface area (Å²) in [5.74, 6) is -0.909. The van der Waals surface area contributed by atoms with Crippen molar-refractivity contribution in [3.63, 3.8) is 0 Å². The normalized spacial score (nSPS) is 16.4. The van der Waals surface area contributed by atoms with Gasteiger partial charge in [0.25, 0.3) is 0 Å². The second-order valence-corrected chi connectivity index (χ2v) is 6.65. The van der Waals surface area contributed by atoms with Gasteiger partial charge in [0.05, 0.1) is 32.3 Å². The van der Waals surface area contributed by atoms with Crippen LogP contribution in [0.3, 0.4) is 0 Å². The summed E-state index contributed by atoms with van der Waals surface area (Å²) in [5, 5.41) is 9.49. The van der Waals surface area contributed by atoms with Gasteiger partial charge in [-0.3, -0.25) is 0 Å². The smallest absolute Gasteiger partial charge is 0.341 e. The standard InChI is InChI=1S/C20H20O5S/c1-23-19(22)17(13-21)16-9-5-6-10-18(16)26-14-20(24-11-12-25-20)15-7-3-2-4-8-15/h2-10,13,21H,11-12,14H2,1H3. The Morgan fingerprint density at radius 3 is 2.46 bits per heavy atom. The third-order valence-corrected chi connectivity index (χ3v) is 5.29. The molecule has 0 bridgehead atoms. The summed E-state index contributed by atoms with van der Waals surface area (Å²) in [5.41, 5.74) is 1.67. The van der Waals surface area contributed by atoms with Gasteiger partial charge in [-0.2, -0.15) is 0 Å². The highest BCUT2D eigenvalue weighted by atomic mass is 32.2. The van der Waals surface area contributed by atoms with E-state index in [1.165, 1.54) is 18.9 Å². The van der Waals surface area contributed by atoms with E-state index in [0.717, 1.165) is 16.7 Å². The van der Waals surface area contributed by atoms with Crippen LogP contribution in [-0.4, -0.2) is 37.2 Å². The fourth-order valence-electron chi connectivity index (χ4n) is 2.81. The molecule has 1 aliphatic heterocycles. The number of thioether (sulfide) groups is 1. The average molecular weight is 372 g/mol. The molecule has 0 atom stereocenters. The van der Waals surface area contributed by atoms with Crippen LogP contribution in [-0.2, 0) is 24.8 Å². The van der Waals surface area contributed by atoms with Crippen molar-refractivity contribution in [2.45, 2.75) is 10.7 Å². The largest absolute Gasteiger partial charge is 0.515 e. The van der Waals surface area contributed by atoms with Gasteiger partial charge in [-0.25, -0.2) is 4.79 Å². The van der Waals surface area contributed by atoms with Crippen molar-refractivity contribution in [2.75, 3.05) is 26.1 Å². The van der Waals surface area contributed by atoms with E-state index >= 15 is 0 Å². The zero-order valence-electron chi connectivity index (χ0n) is 14.4. The summed E-state index contributed by atoms with van der Waals surface area (Å²) in [6.07, 6.45) is 0.779. The molecule has 1 fully saturated rings. The molecule has 0 aromatic heterocycles. The molecule has 26 heavy (non-hydrogen) atoms. The Kier molecular flexibility index (Phi) is 5.98. The minimum absolute atomic E-state index is 0.109. The van der Waals surface area contributed by atoms with Crippen LogP contribution in [0.1, 0.15) is 11.1 Å². The Morgan fingerprint density at radius 1 is 1.15 bits per heavy atom. The topological polar surface area (TPSA) is 65.0 Å². The molecule has 0 amide bonds. The second kappa shape index (κ2) is 8.40. The number of hydrogen-bond donors (Lipinski definition) is 1. The van der Waals surface area contributed by atoms with Crippen LogP contribution in [0, 0.1) is 0 Å². The molecule has 2 aromatic rings. The van der Waals surface area contributed by atoms with Gasteiger partial charge in [-0.15, -0.1) is 11.8 Å². The van der Waals surface area contributed by atoms with Crippen molar-refractivity contribution in [2.24, 2.45) is 0 Å². The fourth-order valence-corrected chi connectivity index (χ4v) is 4.00. The Morgan fingerprint density at radius 2 is 1.81 bits per heavy atom. The third-order valence-electron chi connectivity index (χ3n) is 4.10. The maximum atomic E-state index is 11.9. The quantitative estimate of drug-likeness (QED) is 0.361. The highest BCUT2D eigenvalue weighted by Crippen LogP contribution is 2.39. The molecule has 0 saturated carbocycles. The molecule has 3 rings (SSSR count). The number of rotatable bonds is 6. The lowest BCUT2D eigenvalue weighted by Gasteiger charge is -2.27. The minimum Gasteiger partial charge on any atom is -0.515 e. The van der Waals surface area contributed by atoms with Crippen molar-refractivity contribution in [1.29, 1.82) is 0 Å². The first-order valence-corrected chi connectivity index (χ1v) is 9.17. The first-order valence-electron chi connectivity index (χ1n) is 8.18. The van der Waals surface area contributed by atoms with Crippen LogP contribution < -0.4 is 0 Å². The Balaban J connectivity index is 1.87. The second-order valence-electron chi connectivity index (χ2n) is 5.64. The van der Waals surface area contributed by atoms with Crippen LogP contribution in [0.25, 0.3) is 5.57 Å². The Hall–Kier alpha value is -2.28. The van der Waals surface area contributed by atoms with E-state index in [1.807, 2.05) is 42.5 Å². The lowest BCUT2D eigenvalue weighted by Crippen LogP contribution is -2.30. The molecule has 1 heterocycles. The van der Waals surface area contributed by atoms with Crippen LogP contribution in [0.15, 0.2) is 65.8 Å². The van der Waals surface area contributed by atoms with Gasteiger partial charge < -0.3 is 19.3 Å². The molecular weight excluding hydrogens is 352 g/mol. The number of benzene rings is 2. The van der Waals surface area contributed by atoms with Crippen LogP contribution in [0.2, 0.25) is 0 Å².